The maximum atomic E-state index is 12.3. The Kier molecular flexibility index (Phi) is 5.46. The van der Waals surface area contributed by atoms with Crippen LogP contribution in [0.5, 0.6) is 0 Å². The minimum Gasteiger partial charge on any atom is -0.364 e. The van der Waals surface area contributed by atoms with Gasteiger partial charge in [-0.3, -0.25) is 14.4 Å². The van der Waals surface area contributed by atoms with Gasteiger partial charge in [0, 0.05) is 22.8 Å². The van der Waals surface area contributed by atoms with Crippen molar-refractivity contribution in [3.8, 4) is 0 Å². The number of nitrogens with zero attached hydrogens (tertiary/aromatic N) is 1. The molecule has 2 aromatic carbocycles. The van der Waals surface area contributed by atoms with Gasteiger partial charge in [-0.15, -0.1) is 0 Å². The molecular weight excluding hydrogens is 412 g/mol. The summed E-state index contributed by atoms with van der Waals surface area (Å²) in [7, 11) is 1.81. The van der Waals surface area contributed by atoms with Crippen molar-refractivity contribution in [1.82, 2.24) is 5.32 Å². The number of carbonyl (C=O) groups excluding carboxylic acids is 3. The van der Waals surface area contributed by atoms with Crippen molar-refractivity contribution in [2.75, 3.05) is 35.7 Å². The van der Waals surface area contributed by atoms with Gasteiger partial charge in [0.1, 0.15) is 0 Å². The Morgan fingerprint density at radius 2 is 2.00 bits per heavy atom. The van der Waals surface area contributed by atoms with Gasteiger partial charge < -0.3 is 20.9 Å². The normalized spacial score (nSPS) is 12.9. The largest absolute Gasteiger partial charge is 0.364 e. The van der Waals surface area contributed by atoms with Crippen molar-refractivity contribution in [1.29, 1.82) is 0 Å². The molecule has 1 aliphatic heterocycles. The molecule has 7 nitrogen and oxygen atoms in total. The molecule has 2 aromatic rings. The van der Waals surface area contributed by atoms with Gasteiger partial charge in [-0.2, -0.15) is 0 Å². The number of hydrogen-bond acceptors (Lipinski definition) is 4. The average Bonchev–Trinajstić information content (AvgIpc) is 2.61. The molecule has 0 saturated carbocycles. The molecule has 0 atom stereocenters. The van der Waals surface area contributed by atoms with Gasteiger partial charge in [-0.25, -0.2) is 0 Å². The van der Waals surface area contributed by atoms with Gasteiger partial charge >= 0.3 is 0 Å². The number of anilines is 3. The minimum atomic E-state index is -0.386. The Bertz CT molecular complexity index is 929. The molecule has 27 heavy (non-hydrogen) atoms. The van der Waals surface area contributed by atoms with Crippen LogP contribution in [0.25, 0.3) is 0 Å². The summed E-state index contributed by atoms with van der Waals surface area (Å²) in [5.74, 6) is -0.838. The molecule has 0 aliphatic carbocycles. The highest BCUT2D eigenvalue weighted by atomic mass is 79.9. The lowest BCUT2D eigenvalue weighted by atomic mass is 10.1. The van der Waals surface area contributed by atoms with E-state index in [9.17, 15) is 14.4 Å². The van der Waals surface area contributed by atoms with E-state index < -0.39 is 0 Å². The fourth-order valence-electron chi connectivity index (χ4n) is 2.82. The maximum Gasteiger partial charge on any atom is 0.251 e. The van der Waals surface area contributed by atoms with Crippen LogP contribution in [0.4, 0.5) is 17.1 Å². The van der Waals surface area contributed by atoms with Gasteiger partial charge in [0.05, 0.1) is 24.5 Å². The van der Waals surface area contributed by atoms with Crippen molar-refractivity contribution < 1.29 is 14.4 Å². The Morgan fingerprint density at radius 1 is 1.22 bits per heavy atom. The summed E-state index contributed by atoms with van der Waals surface area (Å²) in [4.78, 5) is 37.9. The third kappa shape index (κ3) is 4.46. The van der Waals surface area contributed by atoms with E-state index >= 15 is 0 Å². The Hall–Kier alpha value is -2.87. The first-order valence-electron chi connectivity index (χ1n) is 8.33. The highest BCUT2D eigenvalue weighted by Crippen LogP contribution is 2.29. The van der Waals surface area contributed by atoms with Crippen molar-refractivity contribution in [3.63, 3.8) is 0 Å². The van der Waals surface area contributed by atoms with E-state index in [1.54, 1.807) is 24.3 Å². The smallest absolute Gasteiger partial charge is 0.251 e. The summed E-state index contributed by atoms with van der Waals surface area (Å²) in [5.41, 5.74) is 3.40. The molecular formula is C19H19BrN4O3. The van der Waals surface area contributed by atoms with Crippen LogP contribution in [0.15, 0.2) is 40.9 Å². The second-order valence-electron chi connectivity index (χ2n) is 6.33. The highest BCUT2D eigenvalue weighted by Gasteiger charge is 2.20. The van der Waals surface area contributed by atoms with Crippen molar-refractivity contribution in [2.24, 2.45) is 0 Å². The van der Waals surface area contributed by atoms with E-state index in [0.29, 0.717) is 16.9 Å². The number of rotatable bonds is 4. The Morgan fingerprint density at radius 3 is 2.74 bits per heavy atom. The maximum absolute atomic E-state index is 12.3. The van der Waals surface area contributed by atoms with Gasteiger partial charge in [0.15, 0.2) is 0 Å². The number of amides is 3. The predicted octanol–water partition coefficient (Wildman–Crippen LogP) is 2.51. The molecule has 0 radical (unpaired) electrons. The van der Waals surface area contributed by atoms with Crippen LogP contribution in [0.1, 0.15) is 15.9 Å². The lowest BCUT2D eigenvalue weighted by Gasteiger charge is -2.27. The predicted molar refractivity (Wildman–Crippen MR) is 108 cm³/mol. The second-order valence-corrected chi connectivity index (χ2v) is 7.24. The first-order valence-corrected chi connectivity index (χ1v) is 9.12. The van der Waals surface area contributed by atoms with Crippen LogP contribution in [-0.2, 0) is 9.59 Å². The average molecular weight is 431 g/mol. The zero-order valence-corrected chi connectivity index (χ0v) is 16.5. The summed E-state index contributed by atoms with van der Waals surface area (Å²) < 4.78 is 0.927. The molecule has 0 unspecified atom stereocenters. The molecule has 140 valence electrons. The number of hydrogen-bond donors (Lipinski definition) is 3. The van der Waals surface area contributed by atoms with Crippen molar-refractivity contribution in [2.45, 2.75) is 6.92 Å². The number of carbonyl (C=O) groups is 3. The van der Waals surface area contributed by atoms with Crippen LogP contribution in [0.2, 0.25) is 0 Å². The molecule has 3 amide bonds. The fraction of sp³-hybridized carbons (Fsp3) is 0.211. The third-order valence-electron chi connectivity index (χ3n) is 4.20. The molecule has 1 heterocycles. The minimum absolute atomic E-state index is 0.133. The summed E-state index contributed by atoms with van der Waals surface area (Å²) in [6, 6.07) is 10.6. The van der Waals surface area contributed by atoms with E-state index in [1.165, 1.54) is 0 Å². The zero-order valence-electron chi connectivity index (χ0n) is 14.9. The zero-order chi connectivity index (χ0) is 19.6. The van der Waals surface area contributed by atoms with E-state index in [1.807, 2.05) is 31.0 Å². The van der Waals surface area contributed by atoms with Crippen molar-refractivity contribution >= 4 is 50.7 Å². The van der Waals surface area contributed by atoms with Crippen molar-refractivity contribution in [3.05, 3.63) is 52.0 Å². The number of aryl methyl sites for hydroxylation is 1. The summed E-state index contributed by atoms with van der Waals surface area (Å²) in [6.07, 6.45) is 0. The highest BCUT2D eigenvalue weighted by molar-refractivity contribution is 9.10. The molecule has 0 saturated heterocycles. The lowest BCUT2D eigenvalue weighted by molar-refractivity contribution is -0.116. The van der Waals surface area contributed by atoms with E-state index in [-0.39, 0.29) is 30.8 Å². The van der Waals surface area contributed by atoms with Gasteiger partial charge in [0.25, 0.3) is 5.91 Å². The number of benzene rings is 2. The number of fused-ring (bicyclic) bond motifs is 1. The lowest BCUT2D eigenvalue weighted by Crippen LogP contribution is -2.36. The van der Waals surface area contributed by atoms with E-state index in [4.69, 9.17) is 0 Å². The topological polar surface area (TPSA) is 90.5 Å². The quantitative estimate of drug-likeness (QED) is 0.694. The molecule has 3 rings (SSSR count). The molecule has 1 aliphatic rings. The Balaban J connectivity index is 1.61. The first kappa shape index (κ1) is 18.9. The monoisotopic (exact) mass is 430 g/mol. The standard InChI is InChI=1S/C19H19BrN4O3/c1-11-7-13(20)4-5-14(11)22-17(25)9-21-19(27)12-3-6-16-15(8-12)23-18(26)10-24(16)2/h3-8H,9-10H2,1-2H3,(H,21,27)(H,22,25)(H,23,26). The summed E-state index contributed by atoms with van der Waals surface area (Å²) >= 11 is 3.37. The molecule has 0 bridgehead atoms. The Labute approximate surface area is 165 Å². The number of nitrogens with one attached hydrogen (secondary N) is 3. The van der Waals surface area contributed by atoms with Crippen LogP contribution in [-0.4, -0.2) is 37.9 Å². The molecule has 0 fully saturated rings. The van der Waals surface area contributed by atoms with E-state index in [2.05, 4.69) is 31.9 Å². The van der Waals surface area contributed by atoms with Crippen LogP contribution in [0, 0.1) is 6.92 Å². The van der Waals surface area contributed by atoms with Gasteiger partial charge in [0.2, 0.25) is 11.8 Å². The second kappa shape index (κ2) is 7.79. The third-order valence-corrected chi connectivity index (χ3v) is 4.69. The van der Waals surface area contributed by atoms with Gasteiger partial charge in [-0.1, -0.05) is 15.9 Å². The van der Waals surface area contributed by atoms with E-state index in [0.717, 1.165) is 15.7 Å². The fourth-order valence-corrected chi connectivity index (χ4v) is 3.30. The molecule has 8 heteroatoms. The molecule has 3 N–H and O–H groups in total. The molecule has 0 aromatic heterocycles. The van der Waals surface area contributed by atoms with Gasteiger partial charge in [-0.05, 0) is 48.9 Å². The van der Waals surface area contributed by atoms with Crippen LogP contribution < -0.4 is 20.9 Å². The molecule has 0 spiro atoms. The van der Waals surface area contributed by atoms with Crippen LogP contribution >= 0.6 is 15.9 Å². The summed E-state index contributed by atoms with van der Waals surface area (Å²) in [6.45, 7) is 2.00. The van der Waals surface area contributed by atoms with Crippen LogP contribution in [0.3, 0.4) is 0 Å². The first-order chi connectivity index (χ1) is 12.8. The SMILES string of the molecule is Cc1cc(Br)ccc1NC(=O)CNC(=O)c1ccc2c(c1)NC(=O)CN2C. The number of likely N-dealkylation sites (N-methyl/N-ethyl adjacent to an activating group) is 1. The summed E-state index contributed by atoms with van der Waals surface area (Å²) in [5, 5.41) is 8.11. The number of halogens is 1.